The summed E-state index contributed by atoms with van der Waals surface area (Å²) in [5.74, 6) is -0.504. The molecule has 3 aromatic carbocycles. The van der Waals surface area contributed by atoms with Gasteiger partial charge in [-0.1, -0.05) is 95.2 Å². The molecule has 1 unspecified atom stereocenters. The van der Waals surface area contributed by atoms with Crippen LogP contribution in [0.3, 0.4) is 0 Å². The minimum atomic E-state index is -4.04. The van der Waals surface area contributed by atoms with E-state index >= 15 is 0 Å². The fraction of sp³-hybridized carbons (Fsp3) is 0.0870. The van der Waals surface area contributed by atoms with Crippen LogP contribution in [-0.2, 0) is 10.0 Å². The first-order valence-electron chi connectivity index (χ1n) is 9.87. The largest absolute Gasteiger partial charge is 0.296 e. The average Bonchev–Trinajstić information content (AvgIpc) is 3.28. The molecule has 0 spiro atoms. The molecular weight excluding hydrogens is 480 g/mol. The highest BCUT2D eigenvalue weighted by Crippen LogP contribution is 2.27. The molecule has 4 rings (SSSR count). The van der Waals surface area contributed by atoms with Gasteiger partial charge in [-0.25, -0.2) is 8.42 Å². The van der Waals surface area contributed by atoms with Crippen molar-refractivity contribution < 1.29 is 13.2 Å². The van der Waals surface area contributed by atoms with Gasteiger partial charge in [0.1, 0.15) is 0 Å². The predicted molar refractivity (Wildman–Crippen MR) is 129 cm³/mol. The van der Waals surface area contributed by atoms with Gasteiger partial charge >= 0.3 is 0 Å². The third kappa shape index (κ3) is 5.45. The number of anilines is 1. The summed E-state index contributed by atoms with van der Waals surface area (Å²) in [6.45, 7) is 1.94. The van der Waals surface area contributed by atoms with E-state index in [-0.39, 0.29) is 20.1 Å². The number of halogens is 1. The number of hydrogen-bond acceptors (Lipinski definition) is 6. The molecule has 0 saturated heterocycles. The molecule has 0 radical (unpaired) electrons. The molecule has 1 heterocycles. The summed E-state index contributed by atoms with van der Waals surface area (Å²) in [4.78, 5) is 12.5. The van der Waals surface area contributed by atoms with Crippen LogP contribution in [-0.4, -0.2) is 24.5 Å². The molecule has 0 aliphatic rings. The fourth-order valence-corrected chi connectivity index (χ4v) is 5.55. The first kappa shape index (κ1) is 23.1. The average molecular weight is 499 g/mol. The minimum Gasteiger partial charge on any atom is -0.296 e. The summed E-state index contributed by atoms with van der Waals surface area (Å²) in [5.41, 5.74) is 2.83. The van der Waals surface area contributed by atoms with Crippen LogP contribution in [0.15, 0.2) is 83.2 Å². The summed E-state index contributed by atoms with van der Waals surface area (Å²) in [6, 6.07) is 22.8. The summed E-state index contributed by atoms with van der Waals surface area (Å²) in [6.07, 6.45) is 0. The number of aryl methyl sites for hydroxylation is 1. The van der Waals surface area contributed by atoms with Crippen LogP contribution >= 0.6 is 22.9 Å². The molecule has 0 saturated carbocycles. The van der Waals surface area contributed by atoms with Gasteiger partial charge in [-0.15, -0.1) is 10.2 Å². The molecule has 1 aromatic heterocycles. The molecule has 1 atom stereocenters. The van der Waals surface area contributed by atoms with Gasteiger partial charge in [0, 0.05) is 0 Å². The van der Waals surface area contributed by atoms with Crippen LogP contribution < -0.4 is 10.0 Å². The highest BCUT2D eigenvalue weighted by atomic mass is 35.5. The van der Waals surface area contributed by atoms with E-state index in [1.807, 2.05) is 61.5 Å². The lowest BCUT2D eigenvalue weighted by Gasteiger charge is -2.19. The van der Waals surface area contributed by atoms with Crippen molar-refractivity contribution in [2.24, 2.45) is 0 Å². The standard InChI is InChI=1S/C23H19ClN4O3S2/c1-15-8-7-11-17(14-15)20(16-9-3-2-4-10-16)28-33(30,31)23-27-26-22(32-23)25-21(29)18-12-5-6-13-19(18)24/h2-14,20,28H,1H3,(H,25,26,29). The SMILES string of the molecule is Cc1cccc(C(NS(=O)(=O)c2nnc(NC(=O)c3ccccc3Cl)s2)c2ccccc2)c1. The molecule has 7 nitrogen and oxygen atoms in total. The molecule has 0 bridgehead atoms. The van der Waals surface area contributed by atoms with E-state index in [9.17, 15) is 13.2 Å². The molecule has 0 fully saturated rings. The number of aromatic nitrogens is 2. The van der Waals surface area contributed by atoms with Crippen LogP contribution in [0.1, 0.15) is 33.1 Å². The van der Waals surface area contributed by atoms with E-state index in [0.717, 1.165) is 28.0 Å². The van der Waals surface area contributed by atoms with E-state index in [1.165, 1.54) is 0 Å². The second-order valence-corrected chi connectivity index (χ2v) is 10.5. The normalized spacial score (nSPS) is 12.3. The lowest BCUT2D eigenvalue weighted by molar-refractivity contribution is 0.102. The highest BCUT2D eigenvalue weighted by Gasteiger charge is 2.27. The first-order valence-corrected chi connectivity index (χ1v) is 12.5. The Labute approximate surface area is 200 Å². The van der Waals surface area contributed by atoms with Crippen LogP contribution in [0.5, 0.6) is 0 Å². The minimum absolute atomic E-state index is 0.0483. The number of carbonyl (C=O) groups excluding carboxylic acids is 1. The van der Waals surface area contributed by atoms with Crippen molar-refractivity contribution >= 4 is 44.0 Å². The number of amides is 1. The van der Waals surface area contributed by atoms with Crippen molar-refractivity contribution in [1.82, 2.24) is 14.9 Å². The molecule has 4 aromatic rings. The van der Waals surface area contributed by atoms with Gasteiger partial charge in [-0.2, -0.15) is 4.72 Å². The third-order valence-corrected chi connectivity index (χ3v) is 7.72. The third-order valence-electron chi connectivity index (χ3n) is 4.76. The number of nitrogens with zero attached hydrogens (tertiary/aromatic N) is 2. The van der Waals surface area contributed by atoms with Gasteiger partial charge in [0.2, 0.25) is 9.47 Å². The van der Waals surface area contributed by atoms with Crippen LogP contribution in [0, 0.1) is 6.92 Å². The molecule has 0 aliphatic heterocycles. The Morgan fingerprint density at radius 1 is 0.939 bits per heavy atom. The number of sulfonamides is 1. The van der Waals surface area contributed by atoms with Crippen LogP contribution in [0.2, 0.25) is 5.02 Å². The first-order chi connectivity index (χ1) is 15.8. The van der Waals surface area contributed by atoms with Crippen LogP contribution in [0.25, 0.3) is 0 Å². The quantitative estimate of drug-likeness (QED) is 0.356. The maximum Gasteiger partial charge on any atom is 0.270 e. The Morgan fingerprint density at radius 2 is 1.64 bits per heavy atom. The van der Waals surface area contributed by atoms with E-state index in [4.69, 9.17) is 11.6 Å². The van der Waals surface area contributed by atoms with Gasteiger partial charge in [-0.05, 0) is 30.2 Å². The molecule has 2 N–H and O–H groups in total. The number of hydrogen-bond donors (Lipinski definition) is 2. The predicted octanol–water partition coefficient (Wildman–Crippen LogP) is 4.82. The number of nitrogens with one attached hydrogen (secondary N) is 2. The molecule has 1 amide bonds. The van der Waals surface area contributed by atoms with Gasteiger partial charge in [0.25, 0.3) is 15.9 Å². The zero-order valence-corrected chi connectivity index (χ0v) is 19.8. The Bertz CT molecular complexity index is 1390. The Morgan fingerprint density at radius 3 is 2.36 bits per heavy atom. The van der Waals surface area contributed by atoms with Crippen LogP contribution in [0.4, 0.5) is 5.13 Å². The Hall–Kier alpha value is -3.11. The number of benzene rings is 3. The van der Waals surface area contributed by atoms with Gasteiger partial charge < -0.3 is 0 Å². The maximum absolute atomic E-state index is 13.2. The number of carbonyl (C=O) groups is 1. The molecule has 33 heavy (non-hydrogen) atoms. The van der Waals surface area contributed by atoms with Crippen molar-refractivity contribution in [2.45, 2.75) is 17.3 Å². The number of rotatable bonds is 7. The second-order valence-electron chi connectivity index (χ2n) is 7.19. The zero-order valence-electron chi connectivity index (χ0n) is 17.4. The molecule has 168 valence electrons. The van der Waals surface area contributed by atoms with Crippen molar-refractivity contribution in [3.63, 3.8) is 0 Å². The van der Waals surface area contributed by atoms with Gasteiger partial charge in [-0.3, -0.25) is 10.1 Å². The van der Waals surface area contributed by atoms with Gasteiger partial charge in [0.15, 0.2) is 0 Å². The maximum atomic E-state index is 13.2. The Kier molecular flexibility index (Phi) is 6.85. The van der Waals surface area contributed by atoms with E-state index < -0.39 is 22.0 Å². The van der Waals surface area contributed by atoms with E-state index in [1.54, 1.807) is 24.3 Å². The molecular formula is C23H19ClN4O3S2. The van der Waals surface area contributed by atoms with Crippen molar-refractivity contribution in [1.29, 1.82) is 0 Å². The monoisotopic (exact) mass is 498 g/mol. The molecule has 0 aliphatic carbocycles. The Balaban J connectivity index is 1.59. The second kappa shape index (κ2) is 9.80. The van der Waals surface area contributed by atoms with E-state index in [2.05, 4.69) is 20.2 Å². The lowest BCUT2D eigenvalue weighted by Crippen LogP contribution is -2.29. The van der Waals surface area contributed by atoms with Gasteiger partial charge in [0.05, 0.1) is 16.6 Å². The molecule has 10 heteroatoms. The fourth-order valence-electron chi connectivity index (χ4n) is 3.21. The summed E-state index contributed by atoms with van der Waals surface area (Å²) in [7, 11) is -4.04. The summed E-state index contributed by atoms with van der Waals surface area (Å²) in [5, 5.41) is 10.5. The van der Waals surface area contributed by atoms with Crippen molar-refractivity contribution in [3.8, 4) is 0 Å². The topological polar surface area (TPSA) is 101 Å². The summed E-state index contributed by atoms with van der Waals surface area (Å²) >= 11 is 6.81. The smallest absolute Gasteiger partial charge is 0.270 e. The van der Waals surface area contributed by atoms with E-state index in [0.29, 0.717) is 0 Å². The zero-order chi connectivity index (χ0) is 23.4. The highest BCUT2D eigenvalue weighted by molar-refractivity contribution is 7.91. The van der Waals surface area contributed by atoms with Crippen molar-refractivity contribution in [2.75, 3.05) is 5.32 Å². The lowest BCUT2D eigenvalue weighted by atomic mass is 9.98. The van der Waals surface area contributed by atoms with Crippen molar-refractivity contribution in [3.05, 3.63) is 106 Å². The summed E-state index contributed by atoms with van der Waals surface area (Å²) < 4.78 is 28.8.